The Bertz CT molecular complexity index is 188. The number of rotatable bonds is 1. The first-order valence-corrected chi connectivity index (χ1v) is 4.66. The topological polar surface area (TPSA) is 37.3 Å². The molecule has 1 aliphatic carbocycles. The van der Waals surface area contributed by atoms with Crippen molar-refractivity contribution in [1.29, 1.82) is 0 Å². The summed E-state index contributed by atoms with van der Waals surface area (Å²) in [5.74, 6) is 0.689. The van der Waals surface area contributed by atoms with Crippen molar-refractivity contribution in [2.45, 2.75) is 46.1 Å². The fourth-order valence-corrected chi connectivity index (χ4v) is 1.88. The molecule has 0 spiro atoms. The van der Waals surface area contributed by atoms with E-state index in [1.807, 2.05) is 6.92 Å². The van der Waals surface area contributed by atoms with Gasteiger partial charge in [-0.05, 0) is 32.1 Å². The fraction of sp³-hybridized carbons (Fsp3) is 0.900. The van der Waals surface area contributed by atoms with E-state index in [0.717, 1.165) is 19.3 Å². The Morgan fingerprint density at radius 3 is 2.58 bits per heavy atom. The molecule has 1 aliphatic rings. The minimum atomic E-state index is -0.466. The summed E-state index contributed by atoms with van der Waals surface area (Å²) in [6.45, 7) is 5.59. The van der Waals surface area contributed by atoms with Gasteiger partial charge in [0.25, 0.3) is 0 Å². The lowest BCUT2D eigenvalue weighted by atomic mass is 9.68. The molecule has 2 nitrogen and oxygen atoms in total. The van der Waals surface area contributed by atoms with Crippen molar-refractivity contribution in [1.82, 2.24) is 0 Å². The molecule has 0 amide bonds. The second kappa shape index (κ2) is 3.17. The molecule has 70 valence electrons. The molecule has 0 aliphatic heterocycles. The van der Waals surface area contributed by atoms with Gasteiger partial charge in [0.15, 0.2) is 0 Å². The van der Waals surface area contributed by atoms with Gasteiger partial charge in [0.2, 0.25) is 0 Å². The Labute approximate surface area is 74.0 Å². The molecule has 0 radical (unpaired) electrons. The Morgan fingerprint density at radius 1 is 1.58 bits per heavy atom. The number of Topliss-reactive ketones (excluding diaryl/α,β-unsaturated/α-hetero) is 1. The third-order valence-corrected chi connectivity index (χ3v) is 3.32. The van der Waals surface area contributed by atoms with Crippen molar-refractivity contribution >= 4 is 5.78 Å². The number of ketones is 1. The van der Waals surface area contributed by atoms with Crippen molar-refractivity contribution in [2.75, 3.05) is 0 Å². The molecule has 0 aromatic heterocycles. The lowest BCUT2D eigenvalue weighted by Gasteiger charge is -2.38. The van der Waals surface area contributed by atoms with Crippen molar-refractivity contribution in [3.8, 4) is 0 Å². The number of hydrogen-bond donors (Lipinski definition) is 1. The number of hydrogen-bond acceptors (Lipinski definition) is 2. The van der Waals surface area contributed by atoms with Crippen LogP contribution in [0.4, 0.5) is 0 Å². The maximum absolute atomic E-state index is 11.3. The Balaban J connectivity index is 2.72. The van der Waals surface area contributed by atoms with E-state index in [0.29, 0.717) is 5.92 Å². The van der Waals surface area contributed by atoms with Gasteiger partial charge in [-0.1, -0.05) is 13.8 Å². The Kier molecular flexibility index (Phi) is 2.57. The summed E-state index contributed by atoms with van der Waals surface area (Å²) in [4.78, 5) is 11.3. The van der Waals surface area contributed by atoms with Gasteiger partial charge >= 0.3 is 0 Å². The van der Waals surface area contributed by atoms with E-state index in [9.17, 15) is 9.90 Å². The van der Waals surface area contributed by atoms with Crippen LogP contribution in [0.15, 0.2) is 0 Å². The van der Waals surface area contributed by atoms with E-state index in [4.69, 9.17) is 0 Å². The van der Waals surface area contributed by atoms with Crippen LogP contribution in [-0.4, -0.2) is 17.0 Å². The van der Waals surface area contributed by atoms with Gasteiger partial charge in [0.05, 0.1) is 11.5 Å². The highest BCUT2D eigenvalue weighted by molar-refractivity contribution is 5.82. The molecule has 1 fully saturated rings. The van der Waals surface area contributed by atoms with E-state index in [1.54, 1.807) is 6.92 Å². The molecule has 0 unspecified atom stereocenters. The minimum Gasteiger partial charge on any atom is -0.392 e. The first-order chi connectivity index (χ1) is 5.47. The summed E-state index contributed by atoms with van der Waals surface area (Å²) in [6, 6.07) is 0. The molecule has 3 atom stereocenters. The Hall–Kier alpha value is -0.370. The maximum Gasteiger partial charge on any atom is 0.138 e. The quantitative estimate of drug-likeness (QED) is 0.651. The molecule has 0 heterocycles. The number of aliphatic hydroxyl groups is 1. The summed E-state index contributed by atoms with van der Waals surface area (Å²) in [5.41, 5.74) is -0.466. The number of aliphatic hydroxyl groups excluding tert-OH is 1. The molecule has 1 saturated carbocycles. The predicted octanol–water partition coefficient (Wildman–Crippen LogP) is 1.76. The van der Waals surface area contributed by atoms with Crippen LogP contribution in [-0.2, 0) is 4.79 Å². The van der Waals surface area contributed by atoms with Gasteiger partial charge in [0, 0.05) is 0 Å². The van der Waals surface area contributed by atoms with Gasteiger partial charge in [-0.15, -0.1) is 0 Å². The largest absolute Gasteiger partial charge is 0.392 e. The van der Waals surface area contributed by atoms with Gasteiger partial charge in [-0.3, -0.25) is 4.79 Å². The predicted molar refractivity (Wildman–Crippen MR) is 47.8 cm³/mol. The molecule has 0 aromatic rings. The van der Waals surface area contributed by atoms with Gasteiger partial charge in [-0.25, -0.2) is 0 Å². The average molecular weight is 170 g/mol. The first kappa shape index (κ1) is 9.72. The van der Waals surface area contributed by atoms with Crippen LogP contribution in [0.5, 0.6) is 0 Å². The average Bonchev–Trinajstić information content (AvgIpc) is 1.97. The SMILES string of the molecule is CC(=O)[C@]1(C)CC[C@@H](C)C[C@@H]1O. The molecule has 0 saturated heterocycles. The lowest BCUT2D eigenvalue weighted by molar-refractivity contribution is -0.136. The van der Waals surface area contributed by atoms with Crippen molar-refractivity contribution in [2.24, 2.45) is 11.3 Å². The summed E-state index contributed by atoms with van der Waals surface area (Å²) >= 11 is 0. The van der Waals surface area contributed by atoms with Crippen molar-refractivity contribution < 1.29 is 9.90 Å². The highest BCUT2D eigenvalue weighted by atomic mass is 16.3. The van der Waals surface area contributed by atoms with E-state index >= 15 is 0 Å². The summed E-state index contributed by atoms with van der Waals surface area (Å²) < 4.78 is 0. The molecular formula is C10H18O2. The van der Waals surface area contributed by atoms with Crippen LogP contribution in [0.2, 0.25) is 0 Å². The zero-order valence-electron chi connectivity index (χ0n) is 8.13. The van der Waals surface area contributed by atoms with Crippen molar-refractivity contribution in [3.05, 3.63) is 0 Å². The summed E-state index contributed by atoms with van der Waals surface area (Å²) in [5, 5.41) is 9.75. The third-order valence-electron chi connectivity index (χ3n) is 3.32. The maximum atomic E-state index is 11.3. The molecule has 12 heavy (non-hydrogen) atoms. The summed E-state index contributed by atoms with van der Waals surface area (Å²) in [6.07, 6.45) is 2.24. The van der Waals surface area contributed by atoms with Crippen LogP contribution in [0.25, 0.3) is 0 Å². The second-order valence-electron chi connectivity index (χ2n) is 4.37. The van der Waals surface area contributed by atoms with E-state index in [-0.39, 0.29) is 5.78 Å². The van der Waals surface area contributed by atoms with E-state index in [2.05, 4.69) is 6.92 Å². The smallest absolute Gasteiger partial charge is 0.138 e. The molecular weight excluding hydrogens is 152 g/mol. The van der Waals surface area contributed by atoms with Crippen molar-refractivity contribution in [3.63, 3.8) is 0 Å². The highest BCUT2D eigenvalue weighted by Gasteiger charge is 2.41. The summed E-state index contributed by atoms with van der Waals surface area (Å²) in [7, 11) is 0. The fourth-order valence-electron chi connectivity index (χ4n) is 1.88. The molecule has 1 rings (SSSR count). The zero-order chi connectivity index (χ0) is 9.35. The Morgan fingerprint density at radius 2 is 2.17 bits per heavy atom. The lowest BCUT2D eigenvalue weighted by Crippen LogP contribution is -2.43. The number of carbonyl (C=O) groups is 1. The van der Waals surface area contributed by atoms with Gasteiger partial charge in [-0.2, -0.15) is 0 Å². The standard InChI is InChI=1S/C10H18O2/c1-7-4-5-10(3,8(2)11)9(12)6-7/h7,9,12H,4-6H2,1-3H3/t7-,9+,10+/m1/s1. The molecule has 1 N–H and O–H groups in total. The minimum absolute atomic E-state index is 0.127. The molecule has 0 bridgehead atoms. The van der Waals surface area contributed by atoms with Crippen LogP contribution in [0, 0.1) is 11.3 Å². The third kappa shape index (κ3) is 1.53. The first-order valence-electron chi connectivity index (χ1n) is 4.66. The van der Waals surface area contributed by atoms with E-state index in [1.165, 1.54) is 0 Å². The highest BCUT2D eigenvalue weighted by Crippen LogP contribution is 2.39. The molecule has 2 heteroatoms. The van der Waals surface area contributed by atoms with Crippen LogP contribution < -0.4 is 0 Å². The van der Waals surface area contributed by atoms with Gasteiger partial charge < -0.3 is 5.11 Å². The molecule has 0 aromatic carbocycles. The van der Waals surface area contributed by atoms with Crippen LogP contribution in [0.1, 0.15) is 40.0 Å². The zero-order valence-corrected chi connectivity index (χ0v) is 8.13. The van der Waals surface area contributed by atoms with Crippen LogP contribution >= 0.6 is 0 Å². The number of carbonyl (C=O) groups excluding carboxylic acids is 1. The van der Waals surface area contributed by atoms with E-state index < -0.39 is 11.5 Å². The van der Waals surface area contributed by atoms with Crippen LogP contribution in [0.3, 0.4) is 0 Å². The monoisotopic (exact) mass is 170 g/mol. The van der Waals surface area contributed by atoms with Gasteiger partial charge in [0.1, 0.15) is 5.78 Å². The normalized spacial score (nSPS) is 42.7. The second-order valence-corrected chi connectivity index (χ2v) is 4.37.